The van der Waals surface area contributed by atoms with Crippen LogP contribution in [0.25, 0.3) is 5.65 Å². The van der Waals surface area contributed by atoms with E-state index in [1.54, 1.807) is 30.6 Å². The number of benzene rings is 1. The molecule has 0 unspecified atom stereocenters. The third-order valence-electron chi connectivity index (χ3n) is 3.87. The molecule has 0 spiro atoms. The summed E-state index contributed by atoms with van der Waals surface area (Å²) in [4.78, 5) is 15.7. The van der Waals surface area contributed by atoms with Gasteiger partial charge in [0.15, 0.2) is 0 Å². The van der Waals surface area contributed by atoms with Gasteiger partial charge in [0, 0.05) is 23.0 Å². The number of carboxylic acids is 1. The number of imidazole rings is 1. The Morgan fingerprint density at radius 1 is 1.30 bits per heavy atom. The molecule has 0 aliphatic heterocycles. The molecule has 4 nitrogen and oxygen atoms in total. The van der Waals surface area contributed by atoms with E-state index >= 15 is 0 Å². The predicted molar refractivity (Wildman–Crippen MR) is 85.7 cm³/mol. The monoisotopic (exact) mass is 332 g/mol. The molecular formula is C17H14ClFN2O2. The molecule has 2 heterocycles. The van der Waals surface area contributed by atoms with Gasteiger partial charge in [-0.05, 0) is 43.0 Å². The van der Waals surface area contributed by atoms with Gasteiger partial charge in [-0.3, -0.25) is 4.40 Å². The maximum Gasteiger partial charge on any atom is 0.353 e. The van der Waals surface area contributed by atoms with E-state index in [1.807, 2.05) is 6.92 Å². The summed E-state index contributed by atoms with van der Waals surface area (Å²) in [6.07, 6.45) is 3.84. The average Bonchev–Trinajstić information content (AvgIpc) is 2.98. The summed E-state index contributed by atoms with van der Waals surface area (Å²) in [5.41, 5.74) is 2.52. The molecule has 1 aromatic carbocycles. The Bertz CT molecular complexity index is 905. The van der Waals surface area contributed by atoms with Gasteiger partial charge in [-0.2, -0.15) is 0 Å². The van der Waals surface area contributed by atoms with Gasteiger partial charge in [0.2, 0.25) is 0 Å². The van der Waals surface area contributed by atoms with Gasteiger partial charge in [0.25, 0.3) is 0 Å². The molecule has 3 rings (SSSR count). The number of fused-ring (bicyclic) bond motifs is 1. The van der Waals surface area contributed by atoms with Gasteiger partial charge in [0.1, 0.15) is 17.2 Å². The van der Waals surface area contributed by atoms with Crippen molar-refractivity contribution >= 4 is 23.2 Å². The summed E-state index contributed by atoms with van der Waals surface area (Å²) in [6.45, 7) is 1.81. The minimum absolute atomic E-state index is 0.143. The number of halogens is 2. The van der Waals surface area contributed by atoms with Crippen LogP contribution in [0.1, 0.15) is 27.2 Å². The number of carbonyl (C=O) groups is 1. The largest absolute Gasteiger partial charge is 0.477 e. The van der Waals surface area contributed by atoms with E-state index in [2.05, 4.69) is 4.98 Å². The second-order valence-corrected chi connectivity index (χ2v) is 5.70. The molecule has 118 valence electrons. The van der Waals surface area contributed by atoms with E-state index in [9.17, 15) is 14.3 Å². The Balaban J connectivity index is 1.98. The Morgan fingerprint density at radius 2 is 2.09 bits per heavy atom. The van der Waals surface area contributed by atoms with Crippen LogP contribution < -0.4 is 0 Å². The second-order valence-electron chi connectivity index (χ2n) is 5.32. The summed E-state index contributed by atoms with van der Waals surface area (Å²) in [7, 11) is 0. The molecule has 23 heavy (non-hydrogen) atoms. The van der Waals surface area contributed by atoms with Crippen LogP contribution in [0.5, 0.6) is 0 Å². The highest BCUT2D eigenvalue weighted by atomic mass is 35.5. The number of nitrogens with zero attached hydrogens (tertiary/aromatic N) is 2. The quantitative estimate of drug-likeness (QED) is 0.788. The van der Waals surface area contributed by atoms with E-state index in [0.29, 0.717) is 34.6 Å². The van der Waals surface area contributed by atoms with Crippen molar-refractivity contribution in [1.29, 1.82) is 0 Å². The van der Waals surface area contributed by atoms with Crippen LogP contribution >= 0.6 is 11.6 Å². The number of aromatic nitrogens is 2. The number of aryl methyl sites for hydroxylation is 2. The van der Waals surface area contributed by atoms with Crippen molar-refractivity contribution < 1.29 is 14.3 Å². The number of aromatic carboxylic acids is 1. The summed E-state index contributed by atoms with van der Waals surface area (Å²) < 4.78 is 15.5. The van der Waals surface area contributed by atoms with Crippen LogP contribution in [-0.2, 0) is 12.8 Å². The topological polar surface area (TPSA) is 54.6 Å². The molecular weight excluding hydrogens is 319 g/mol. The first-order valence-electron chi connectivity index (χ1n) is 7.10. The molecule has 0 aliphatic rings. The standard InChI is InChI=1S/C17H14ClFN2O2/c1-10-2-6-13(19)12(15(10)18)5-3-11-4-7-14-20-8-9-21(14)16(11)17(22)23/h2,4,6-9H,3,5H2,1H3,(H,22,23). The van der Waals surface area contributed by atoms with Crippen LogP contribution in [0.2, 0.25) is 5.02 Å². The summed E-state index contributed by atoms with van der Waals surface area (Å²) in [5.74, 6) is -1.42. The summed E-state index contributed by atoms with van der Waals surface area (Å²) in [6, 6.07) is 6.47. The van der Waals surface area contributed by atoms with E-state index in [0.717, 1.165) is 5.56 Å². The summed E-state index contributed by atoms with van der Waals surface area (Å²) in [5, 5.41) is 9.88. The van der Waals surface area contributed by atoms with Crippen LogP contribution in [0, 0.1) is 12.7 Å². The van der Waals surface area contributed by atoms with Crippen LogP contribution in [-0.4, -0.2) is 20.5 Å². The lowest BCUT2D eigenvalue weighted by Gasteiger charge is -2.11. The SMILES string of the molecule is Cc1ccc(F)c(CCc2ccc3nccn3c2C(=O)O)c1Cl. The third kappa shape index (κ3) is 2.80. The first-order valence-corrected chi connectivity index (χ1v) is 7.48. The van der Waals surface area contributed by atoms with Crippen molar-refractivity contribution in [1.82, 2.24) is 9.38 Å². The second kappa shape index (κ2) is 6.01. The Hall–Kier alpha value is -2.40. The molecule has 6 heteroatoms. The number of hydrogen-bond donors (Lipinski definition) is 1. The molecule has 0 radical (unpaired) electrons. The fourth-order valence-electron chi connectivity index (χ4n) is 2.68. The zero-order chi connectivity index (χ0) is 16.6. The number of hydrogen-bond acceptors (Lipinski definition) is 2. The number of rotatable bonds is 4. The van der Waals surface area contributed by atoms with Crippen LogP contribution in [0.15, 0.2) is 36.7 Å². The Morgan fingerprint density at radius 3 is 2.83 bits per heavy atom. The summed E-state index contributed by atoms with van der Waals surface area (Å²) >= 11 is 6.17. The molecule has 0 saturated heterocycles. The zero-order valence-electron chi connectivity index (χ0n) is 12.4. The number of pyridine rings is 1. The highest BCUT2D eigenvalue weighted by Gasteiger charge is 2.16. The normalized spacial score (nSPS) is 11.1. The predicted octanol–water partition coefficient (Wildman–Crippen LogP) is 3.92. The minimum Gasteiger partial charge on any atom is -0.477 e. The molecule has 1 N–H and O–H groups in total. The first kappa shape index (κ1) is 15.5. The molecule has 0 saturated carbocycles. The molecule has 0 atom stereocenters. The lowest BCUT2D eigenvalue weighted by Crippen LogP contribution is -2.10. The fourth-order valence-corrected chi connectivity index (χ4v) is 2.93. The Kier molecular flexibility index (Phi) is 4.05. The fraction of sp³-hybridized carbons (Fsp3) is 0.176. The van der Waals surface area contributed by atoms with Gasteiger partial charge in [0.05, 0.1) is 0 Å². The van der Waals surface area contributed by atoms with Crippen molar-refractivity contribution in [2.45, 2.75) is 19.8 Å². The van der Waals surface area contributed by atoms with Gasteiger partial charge < -0.3 is 5.11 Å². The van der Waals surface area contributed by atoms with E-state index in [1.165, 1.54) is 10.5 Å². The van der Waals surface area contributed by atoms with Gasteiger partial charge >= 0.3 is 5.97 Å². The molecule has 0 amide bonds. The van der Waals surface area contributed by atoms with E-state index < -0.39 is 5.97 Å². The maximum absolute atomic E-state index is 14.0. The molecule has 0 bridgehead atoms. The zero-order valence-corrected chi connectivity index (χ0v) is 13.1. The molecule has 3 aromatic rings. The Labute approximate surface area is 137 Å². The third-order valence-corrected chi connectivity index (χ3v) is 4.40. The van der Waals surface area contributed by atoms with Crippen molar-refractivity contribution in [3.63, 3.8) is 0 Å². The van der Waals surface area contributed by atoms with Crippen molar-refractivity contribution in [3.05, 3.63) is 69.9 Å². The average molecular weight is 333 g/mol. The van der Waals surface area contributed by atoms with Crippen LogP contribution in [0.3, 0.4) is 0 Å². The van der Waals surface area contributed by atoms with E-state index in [4.69, 9.17) is 11.6 Å². The number of carboxylic acid groups (broad SMARTS) is 1. The lowest BCUT2D eigenvalue weighted by atomic mass is 10.0. The van der Waals surface area contributed by atoms with Crippen molar-refractivity contribution in [3.8, 4) is 0 Å². The minimum atomic E-state index is -1.04. The smallest absolute Gasteiger partial charge is 0.353 e. The van der Waals surface area contributed by atoms with Gasteiger partial charge in [-0.15, -0.1) is 0 Å². The van der Waals surface area contributed by atoms with Crippen LogP contribution in [0.4, 0.5) is 4.39 Å². The molecule has 2 aromatic heterocycles. The molecule has 0 aliphatic carbocycles. The van der Waals surface area contributed by atoms with Gasteiger partial charge in [-0.25, -0.2) is 14.2 Å². The maximum atomic E-state index is 14.0. The van der Waals surface area contributed by atoms with Crippen molar-refractivity contribution in [2.75, 3.05) is 0 Å². The lowest BCUT2D eigenvalue weighted by molar-refractivity contribution is 0.0687. The first-order chi connectivity index (χ1) is 11.0. The highest BCUT2D eigenvalue weighted by molar-refractivity contribution is 6.32. The highest BCUT2D eigenvalue weighted by Crippen LogP contribution is 2.25. The van der Waals surface area contributed by atoms with Crippen molar-refractivity contribution in [2.24, 2.45) is 0 Å². The van der Waals surface area contributed by atoms with E-state index in [-0.39, 0.29) is 11.5 Å². The molecule has 0 fully saturated rings. The van der Waals surface area contributed by atoms with Gasteiger partial charge in [-0.1, -0.05) is 23.7 Å².